The molecule has 6 rings (SSSR count). The highest BCUT2D eigenvalue weighted by Crippen LogP contribution is 2.43. The molecule has 0 bridgehead atoms. The number of aryl methyl sites for hydroxylation is 1. The third kappa shape index (κ3) is 3.06. The minimum atomic E-state index is 0.332. The molecule has 3 aromatic heterocycles. The molecule has 0 amide bonds. The van der Waals surface area contributed by atoms with E-state index in [1.807, 2.05) is 31.5 Å². The summed E-state index contributed by atoms with van der Waals surface area (Å²) in [7, 11) is 0. The molecule has 4 aromatic rings. The smallest absolute Gasteiger partial charge is 0.211 e. The number of anilines is 1. The van der Waals surface area contributed by atoms with Gasteiger partial charge in [-0.25, -0.2) is 9.97 Å². The lowest BCUT2D eigenvalue weighted by Crippen LogP contribution is -2.41. The maximum atomic E-state index is 6.80. The lowest BCUT2D eigenvalue weighted by atomic mass is 9.77. The Morgan fingerprint density at radius 2 is 1.91 bits per heavy atom. The fourth-order valence-corrected chi connectivity index (χ4v) is 5.69. The van der Waals surface area contributed by atoms with E-state index < -0.39 is 0 Å². The molecule has 7 nitrogen and oxygen atoms in total. The molecule has 0 saturated carbocycles. The molecule has 0 aliphatic carbocycles. The predicted octanol–water partition coefficient (Wildman–Crippen LogP) is 4.70. The van der Waals surface area contributed by atoms with Crippen LogP contribution in [0.4, 0.5) is 5.95 Å². The zero-order valence-corrected chi connectivity index (χ0v) is 19.0. The van der Waals surface area contributed by atoms with Crippen molar-refractivity contribution in [2.75, 3.05) is 24.6 Å². The van der Waals surface area contributed by atoms with Crippen LogP contribution in [0.3, 0.4) is 0 Å². The van der Waals surface area contributed by atoms with Crippen molar-refractivity contribution in [2.24, 2.45) is 5.41 Å². The summed E-state index contributed by atoms with van der Waals surface area (Å²) >= 11 is 6.80. The lowest BCUT2D eigenvalue weighted by molar-refractivity contribution is 0.0975. The van der Waals surface area contributed by atoms with Crippen molar-refractivity contribution < 1.29 is 4.74 Å². The molecule has 164 valence electrons. The van der Waals surface area contributed by atoms with E-state index in [0.29, 0.717) is 22.1 Å². The lowest BCUT2D eigenvalue weighted by Gasteiger charge is -2.39. The Bertz CT molecular complexity index is 1330. The van der Waals surface area contributed by atoms with Gasteiger partial charge in [0, 0.05) is 49.0 Å². The zero-order valence-electron chi connectivity index (χ0n) is 18.3. The van der Waals surface area contributed by atoms with Gasteiger partial charge in [-0.1, -0.05) is 17.7 Å². The summed E-state index contributed by atoms with van der Waals surface area (Å²) in [5, 5.41) is 0.577. The Kier molecular flexibility index (Phi) is 4.59. The molecule has 0 radical (unpaired) electrons. The van der Waals surface area contributed by atoms with Crippen LogP contribution in [-0.2, 0) is 4.74 Å². The van der Waals surface area contributed by atoms with E-state index in [1.165, 1.54) is 0 Å². The highest BCUT2D eigenvalue weighted by Gasteiger charge is 2.41. The summed E-state index contributed by atoms with van der Waals surface area (Å²) in [6.45, 7) is 7.05. The molecule has 0 unspecified atom stereocenters. The molecular weight excluding hydrogens is 424 g/mol. The minimum Gasteiger partial charge on any atom is -0.378 e. The van der Waals surface area contributed by atoms with Crippen molar-refractivity contribution >= 4 is 34.2 Å². The monoisotopic (exact) mass is 448 g/mol. The summed E-state index contributed by atoms with van der Waals surface area (Å²) in [4.78, 5) is 20.9. The van der Waals surface area contributed by atoms with Gasteiger partial charge in [-0.3, -0.25) is 14.4 Å². The van der Waals surface area contributed by atoms with E-state index in [1.54, 1.807) is 12.4 Å². The van der Waals surface area contributed by atoms with Crippen molar-refractivity contribution in [2.45, 2.75) is 39.2 Å². The van der Waals surface area contributed by atoms with Gasteiger partial charge in [-0.05, 0) is 44.6 Å². The van der Waals surface area contributed by atoms with Crippen molar-refractivity contribution in [1.29, 1.82) is 0 Å². The second-order valence-electron chi connectivity index (χ2n) is 9.16. The summed E-state index contributed by atoms with van der Waals surface area (Å²) < 4.78 is 7.99. The minimum absolute atomic E-state index is 0.332. The molecular formula is C24H25ClN6O. The predicted molar refractivity (Wildman–Crippen MR) is 125 cm³/mol. The van der Waals surface area contributed by atoms with E-state index in [0.717, 1.165) is 72.9 Å². The van der Waals surface area contributed by atoms with Crippen LogP contribution in [0, 0.1) is 12.3 Å². The number of ether oxygens (including phenoxy) is 1. The molecule has 1 aromatic carbocycles. The van der Waals surface area contributed by atoms with Crippen LogP contribution in [-0.4, -0.2) is 50.1 Å². The van der Waals surface area contributed by atoms with Crippen LogP contribution in [0.25, 0.3) is 27.8 Å². The van der Waals surface area contributed by atoms with Crippen molar-refractivity contribution in [3.63, 3.8) is 0 Å². The van der Waals surface area contributed by atoms with E-state index in [2.05, 4.69) is 26.2 Å². The first kappa shape index (κ1) is 19.9. The molecule has 2 fully saturated rings. The van der Waals surface area contributed by atoms with E-state index in [-0.39, 0.29) is 0 Å². The van der Waals surface area contributed by atoms with Crippen LogP contribution in [0.5, 0.6) is 0 Å². The van der Waals surface area contributed by atoms with Gasteiger partial charge in [0.2, 0.25) is 5.95 Å². The molecule has 5 heterocycles. The standard InChI is InChI=1S/C24H25ClN6O/c1-15-13-24(14-32-15)5-10-30(11-6-24)23-29-16(2)19(22-28-9-12-31(22)23)17-3-4-18-21(20(17)25)27-8-7-26-18/h3-4,7-9,12,15H,5-6,10-11,13-14H2,1-2H3/t15-/m0/s1. The summed E-state index contributed by atoms with van der Waals surface area (Å²) in [5.74, 6) is 0.942. The van der Waals surface area contributed by atoms with Gasteiger partial charge >= 0.3 is 0 Å². The molecule has 2 aliphatic rings. The largest absolute Gasteiger partial charge is 0.378 e. The second kappa shape index (κ2) is 7.39. The maximum Gasteiger partial charge on any atom is 0.211 e. The number of piperidine rings is 1. The number of rotatable bonds is 2. The van der Waals surface area contributed by atoms with Crippen LogP contribution in [0.2, 0.25) is 5.02 Å². The average molecular weight is 449 g/mol. The summed E-state index contributed by atoms with van der Waals surface area (Å²) in [6, 6.07) is 3.94. The van der Waals surface area contributed by atoms with Crippen LogP contribution < -0.4 is 4.90 Å². The average Bonchev–Trinajstić information content (AvgIpc) is 3.42. The SMILES string of the molecule is Cc1nc(N2CCC3(CC2)CO[C@@H](C)C3)n2ccnc2c1-c1ccc2nccnc2c1Cl. The number of hydrogen-bond donors (Lipinski definition) is 0. The zero-order chi connectivity index (χ0) is 21.9. The van der Waals surface area contributed by atoms with Crippen molar-refractivity contribution in [3.8, 4) is 11.1 Å². The molecule has 32 heavy (non-hydrogen) atoms. The highest BCUT2D eigenvalue weighted by atomic mass is 35.5. The normalized spacial score (nSPS) is 20.6. The summed E-state index contributed by atoms with van der Waals surface area (Å²) in [6.07, 6.45) is 10.9. The number of nitrogens with zero attached hydrogens (tertiary/aromatic N) is 6. The number of hydrogen-bond acceptors (Lipinski definition) is 6. The molecule has 0 N–H and O–H groups in total. The first-order valence-corrected chi connectivity index (χ1v) is 11.5. The highest BCUT2D eigenvalue weighted by molar-refractivity contribution is 6.38. The van der Waals surface area contributed by atoms with Crippen molar-refractivity contribution in [3.05, 3.63) is 47.6 Å². The molecule has 2 saturated heterocycles. The Morgan fingerprint density at radius 1 is 1.09 bits per heavy atom. The van der Waals surface area contributed by atoms with E-state index in [9.17, 15) is 0 Å². The second-order valence-corrected chi connectivity index (χ2v) is 9.54. The molecule has 1 spiro atoms. The topological polar surface area (TPSA) is 68.4 Å². The first-order chi connectivity index (χ1) is 15.5. The van der Waals surface area contributed by atoms with Crippen LogP contribution in [0.15, 0.2) is 36.9 Å². The van der Waals surface area contributed by atoms with Crippen LogP contribution in [0.1, 0.15) is 31.9 Å². The third-order valence-corrected chi connectivity index (χ3v) is 7.44. The van der Waals surface area contributed by atoms with Gasteiger partial charge in [0.1, 0.15) is 11.2 Å². The number of benzene rings is 1. The van der Waals surface area contributed by atoms with Crippen molar-refractivity contribution in [1.82, 2.24) is 24.3 Å². The number of aromatic nitrogens is 5. The van der Waals surface area contributed by atoms with Gasteiger partial charge in [0.05, 0.1) is 28.9 Å². The quantitative estimate of drug-likeness (QED) is 0.443. The molecule has 2 aliphatic heterocycles. The van der Waals surface area contributed by atoms with Gasteiger partial charge in [0.25, 0.3) is 0 Å². The fraction of sp³-hybridized carbons (Fsp3) is 0.417. The fourth-order valence-electron chi connectivity index (χ4n) is 5.38. The van der Waals surface area contributed by atoms with Crippen LogP contribution >= 0.6 is 11.6 Å². The van der Waals surface area contributed by atoms with Gasteiger partial charge < -0.3 is 9.64 Å². The van der Waals surface area contributed by atoms with E-state index >= 15 is 0 Å². The Hall–Kier alpha value is -2.77. The van der Waals surface area contributed by atoms with Gasteiger partial charge in [-0.15, -0.1) is 0 Å². The number of halogens is 1. The summed E-state index contributed by atoms with van der Waals surface area (Å²) in [5.41, 5.74) is 5.37. The maximum absolute atomic E-state index is 6.80. The van der Waals surface area contributed by atoms with Gasteiger partial charge in [-0.2, -0.15) is 0 Å². The Morgan fingerprint density at radius 3 is 2.69 bits per heavy atom. The number of imidazole rings is 1. The van der Waals surface area contributed by atoms with Gasteiger partial charge in [0.15, 0.2) is 0 Å². The third-order valence-electron chi connectivity index (χ3n) is 7.06. The first-order valence-electron chi connectivity index (χ1n) is 11.1. The number of fused-ring (bicyclic) bond motifs is 2. The Balaban J connectivity index is 1.41. The molecule has 8 heteroatoms. The molecule has 1 atom stereocenters. The Labute approximate surface area is 191 Å². The van der Waals surface area contributed by atoms with E-state index in [4.69, 9.17) is 26.3 Å².